The first-order chi connectivity index (χ1) is 15.0. The number of methoxy groups -OCH3 is 3. The summed E-state index contributed by atoms with van der Waals surface area (Å²) >= 11 is 0. The number of fused-ring (bicyclic) bond motifs is 1. The fourth-order valence-electron chi connectivity index (χ4n) is 4.05. The summed E-state index contributed by atoms with van der Waals surface area (Å²) in [7, 11) is 5.06. The molecule has 0 saturated carbocycles. The molecule has 166 valence electrons. The topological polar surface area (TPSA) is 64.4 Å². The van der Waals surface area contributed by atoms with E-state index in [4.69, 9.17) is 24.3 Å². The average molecular weight is 426 g/mol. The van der Waals surface area contributed by atoms with Crippen molar-refractivity contribution in [2.75, 3.05) is 65.6 Å². The van der Waals surface area contributed by atoms with E-state index >= 15 is 0 Å². The maximum absolute atomic E-state index is 5.44. The van der Waals surface area contributed by atoms with Gasteiger partial charge in [0.05, 0.1) is 26.5 Å². The maximum atomic E-state index is 5.44. The number of aromatic nitrogens is 3. The molecular weight excluding hydrogens is 394 g/mol. The van der Waals surface area contributed by atoms with Gasteiger partial charge in [-0.05, 0) is 26.0 Å². The van der Waals surface area contributed by atoms with Crippen LogP contribution in [0, 0.1) is 13.8 Å². The summed E-state index contributed by atoms with van der Waals surface area (Å²) in [6, 6.07) is 7.83. The molecule has 0 radical (unpaired) electrons. The minimum atomic E-state index is 0.735. The second kappa shape index (κ2) is 9.11. The lowest BCUT2D eigenvalue weighted by atomic mass is 10.1. The molecule has 0 atom stereocenters. The van der Waals surface area contributed by atoms with Crippen LogP contribution in [0.15, 0.2) is 24.3 Å². The fraction of sp³-hybridized carbons (Fsp3) is 0.478. The molecule has 1 fully saturated rings. The Labute approximate surface area is 183 Å². The molecule has 31 heavy (non-hydrogen) atoms. The highest BCUT2D eigenvalue weighted by molar-refractivity contribution is 5.69. The van der Waals surface area contributed by atoms with E-state index in [-0.39, 0.29) is 0 Å². The Hall–Kier alpha value is -2.84. The summed E-state index contributed by atoms with van der Waals surface area (Å²) in [5.41, 5.74) is 4.81. The molecule has 0 spiro atoms. The van der Waals surface area contributed by atoms with Crippen molar-refractivity contribution >= 4 is 11.5 Å². The Kier molecular flexibility index (Phi) is 6.29. The summed E-state index contributed by atoms with van der Waals surface area (Å²) in [6.07, 6.45) is 0. The highest BCUT2D eigenvalue weighted by atomic mass is 16.5. The van der Waals surface area contributed by atoms with Crippen LogP contribution in [0.5, 0.6) is 11.5 Å². The molecule has 0 unspecified atom stereocenters. The Bertz CT molecular complexity index is 1030. The molecule has 8 nitrogen and oxygen atoms in total. The highest BCUT2D eigenvalue weighted by Crippen LogP contribution is 2.31. The molecule has 0 amide bonds. The van der Waals surface area contributed by atoms with Gasteiger partial charge in [-0.15, -0.1) is 0 Å². The highest BCUT2D eigenvalue weighted by Gasteiger charge is 2.23. The van der Waals surface area contributed by atoms with Gasteiger partial charge in [0.25, 0.3) is 0 Å². The second-order valence-corrected chi connectivity index (χ2v) is 7.87. The van der Waals surface area contributed by atoms with Gasteiger partial charge in [-0.2, -0.15) is 9.61 Å². The van der Waals surface area contributed by atoms with Crippen LogP contribution in [-0.2, 0) is 4.74 Å². The van der Waals surface area contributed by atoms with Crippen LogP contribution in [0.25, 0.3) is 16.9 Å². The third-order valence-corrected chi connectivity index (χ3v) is 5.98. The standard InChI is InChI=1S/C23H31N5O3/c1-16-17(2)24-22-15-21(18-12-19(30-4)14-20(13-18)31-5)25-28(22)23(16)27-8-6-26(7-9-27)10-11-29-3/h12-15H,6-11H2,1-5H3. The van der Waals surface area contributed by atoms with E-state index in [9.17, 15) is 0 Å². The van der Waals surface area contributed by atoms with Gasteiger partial charge in [0, 0.05) is 68.8 Å². The molecule has 1 saturated heterocycles. The Morgan fingerprint density at radius 2 is 1.58 bits per heavy atom. The molecule has 1 aromatic carbocycles. The fourth-order valence-corrected chi connectivity index (χ4v) is 4.05. The third kappa shape index (κ3) is 4.31. The number of hydrogen-bond acceptors (Lipinski definition) is 7. The van der Waals surface area contributed by atoms with Gasteiger partial charge in [0.2, 0.25) is 0 Å². The zero-order valence-corrected chi connectivity index (χ0v) is 19.0. The van der Waals surface area contributed by atoms with Gasteiger partial charge in [0.1, 0.15) is 17.3 Å². The number of nitrogens with zero attached hydrogens (tertiary/aromatic N) is 5. The zero-order valence-electron chi connectivity index (χ0n) is 19.0. The third-order valence-electron chi connectivity index (χ3n) is 5.98. The van der Waals surface area contributed by atoms with E-state index in [1.807, 2.05) is 28.8 Å². The molecule has 0 N–H and O–H groups in total. The molecule has 0 bridgehead atoms. The van der Waals surface area contributed by atoms with Crippen LogP contribution in [-0.4, -0.2) is 80.2 Å². The predicted octanol–water partition coefficient (Wildman–Crippen LogP) is 2.80. The van der Waals surface area contributed by atoms with Crippen LogP contribution < -0.4 is 14.4 Å². The summed E-state index contributed by atoms with van der Waals surface area (Å²) < 4.78 is 18.1. The molecule has 1 aliphatic heterocycles. The van der Waals surface area contributed by atoms with Crippen molar-refractivity contribution in [1.82, 2.24) is 19.5 Å². The second-order valence-electron chi connectivity index (χ2n) is 7.87. The molecule has 0 aliphatic carbocycles. The first-order valence-electron chi connectivity index (χ1n) is 10.6. The van der Waals surface area contributed by atoms with E-state index in [1.54, 1.807) is 21.3 Å². The predicted molar refractivity (Wildman–Crippen MR) is 122 cm³/mol. The smallest absolute Gasteiger partial charge is 0.158 e. The summed E-state index contributed by atoms with van der Waals surface area (Å²) in [5.74, 6) is 2.59. The van der Waals surface area contributed by atoms with E-state index in [2.05, 4.69) is 23.6 Å². The minimum Gasteiger partial charge on any atom is -0.497 e. The Balaban J connectivity index is 1.71. The van der Waals surface area contributed by atoms with Crippen molar-refractivity contribution in [1.29, 1.82) is 0 Å². The Morgan fingerprint density at radius 1 is 0.903 bits per heavy atom. The lowest BCUT2D eigenvalue weighted by Gasteiger charge is -2.36. The number of aryl methyl sites for hydroxylation is 1. The number of ether oxygens (including phenoxy) is 3. The molecule has 2 aromatic heterocycles. The number of anilines is 1. The van der Waals surface area contributed by atoms with E-state index in [0.29, 0.717) is 0 Å². The van der Waals surface area contributed by atoms with E-state index in [0.717, 1.165) is 84.8 Å². The van der Waals surface area contributed by atoms with Crippen LogP contribution >= 0.6 is 0 Å². The molecular formula is C23H31N5O3. The maximum Gasteiger partial charge on any atom is 0.158 e. The lowest BCUT2D eigenvalue weighted by molar-refractivity contribution is 0.144. The van der Waals surface area contributed by atoms with E-state index < -0.39 is 0 Å². The van der Waals surface area contributed by atoms with Crippen LogP contribution in [0.3, 0.4) is 0 Å². The first-order valence-corrected chi connectivity index (χ1v) is 10.6. The lowest BCUT2D eigenvalue weighted by Crippen LogP contribution is -2.48. The summed E-state index contributed by atoms with van der Waals surface area (Å²) in [4.78, 5) is 9.66. The van der Waals surface area contributed by atoms with Gasteiger partial charge < -0.3 is 19.1 Å². The van der Waals surface area contributed by atoms with Crippen molar-refractivity contribution in [3.05, 3.63) is 35.5 Å². The van der Waals surface area contributed by atoms with Gasteiger partial charge in [0.15, 0.2) is 5.65 Å². The van der Waals surface area contributed by atoms with Gasteiger partial charge in [-0.3, -0.25) is 4.90 Å². The monoisotopic (exact) mass is 425 g/mol. The number of benzene rings is 1. The molecule has 1 aliphatic rings. The van der Waals surface area contributed by atoms with Crippen LogP contribution in [0.4, 0.5) is 5.82 Å². The molecule has 4 rings (SSSR count). The van der Waals surface area contributed by atoms with Crippen molar-refractivity contribution in [3.8, 4) is 22.8 Å². The molecule has 3 aromatic rings. The minimum absolute atomic E-state index is 0.735. The molecule has 3 heterocycles. The van der Waals surface area contributed by atoms with Crippen LogP contribution in [0.2, 0.25) is 0 Å². The van der Waals surface area contributed by atoms with Gasteiger partial charge in [-0.25, -0.2) is 4.98 Å². The number of hydrogen-bond donors (Lipinski definition) is 0. The van der Waals surface area contributed by atoms with Crippen molar-refractivity contribution in [3.63, 3.8) is 0 Å². The number of piperazine rings is 1. The van der Waals surface area contributed by atoms with Crippen LogP contribution in [0.1, 0.15) is 11.3 Å². The zero-order chi connectivity index (χ0) is 22.0. The van der Waals surface area contributed by atoms with E-state index in [1.165, 1.54) is 0 Å². The largest absolute Gasteiger partial charge is 0.497 e. The Morgan fingerprint density at radius 3 is 2.19 bits per heavy atom. The molecule has 8 heteroatoms. The quantitative estimate of drug-likeness (QED) is 0.577. The number of rotatable bonds is 7. The van der Waals surface area contributed by atoms with Gasteiger partial charge in [-0.1, -0.05) is 0 Å². The van der Waals surface area contributed by atoms with Crippen molar-refractivity contribution in [2.45, 2.75) is 13.8 Å². The SMILES string of the molecule is COCCN1CCN(c2c(C)c(C)nc3cc(-c4cc(OC)cc(OC)c4)nn23)CC1. The first kappa shape index (κ1) is 21.4. The normalized spacial score (nSPS) is 14.9. The van der Waals surface area contributed by atoms with Gasteiger partial charge >= 0.3 is 0 Å². The summed E-state index contributed by atoms with van der Waals surface area (Å²) in [5, 5.41) is 4.95. The summed E-state index contributed by atoms with van der Waals surface area (Å²) in [6.45, 7) is 9.84. The average Bonchev–Trinajstić information content (AvgIpc) is 3.22. The van der Waals surface area contributed by atoms with Crippen molar-refractivity contribution in [2.24, 2.45) is 0 Å². The van der Waals surface area contributed by atoms with Crippen molar-refractivity contribution < 1.29 is 14.2 Å².